The van der Waals surface area contributed by atoms with Crippen LogP contribution in [0.1, 0.15) is 32.1 Å². The molecule has 1 saturated heterocycles. The van der Waals surface area contributed by atoms with E-state index < -0.39 is 10.0 Å². The van der Waals surface area contributed by atoms with Gasteiger partial charge in [0.05, 0.1) is 4.90 Å². The molecule has 1 heterocycles. The molecule has 3 rings (SSSR count). The van der Waals surface area contributed by atoms with Crippen molar-refractivity contribution in [3.8, 4) is 0 Å². The lowest BCUT2D eigenvalue weighted by atomic mass is 10.0. The lowest BCUT2D eigenvalue weighted by Crippen LogP contribution is -2.50. The van der Waals surface area contributed by atoms with Crippen LogP contribution in [0.2, 0.25) is 0 Å². The van der Waals surface area contributed by atoms with E-state index in [0.717, 1.165) is 12.8 Å². The predicted octanol–water partition coefficient (Wildman–Crippen LogP) is 2.86. The van der Waals surface area contributed by atoms with E-state index in [1.165, 1.54) is 17.1 Å². The van der Waals surface area contributed by atoms with Gasteiger partial charge in [-0.15, -0.1) is 0 Å². The third-order valence-electron chi connectivity index (χ3n) is 4.98. The summed E-state index contributed by atoms with van der Waals surface area (Å²) in [6.45, 7) is 1.69. The molecule has 1 aliphatic carbocycles. The van der Waals surface area contributed by atoms with Gasteiger partial charge in [-0.2, -0.15) is 4.31 Å². The molecule has 1 saturated carbocycles. The number of nitrogens with zero attached hydrogens (tertiary/aromatic N) is 2. The van der Waals surface area contributed by atoms with E-state index in [9.17, 15) is 13.2 Å². The largest absolute Gasteiger partial charge is 0.340 e. The van der Waals surface area contributed by atoms with Crippen molar-refractivity contribution in [2.75, 3.05) is 26.2 Å². The third kappa shape index (κ3) is 3.83. The molecule has 1 amide bonds. The molecule has 1 aliphatic heterocycles. The monoisotopic (exact) mass is 414 g/mol. The van der Waals surface area contributed by atoms with Crippen LogP contribution in [0.4, 0.5) is 0 Å². The molecular formula is C17H23BrN2O3S. The molecule has 1 aromatic rings. The van der Waals surface area contributed by atoms with E-state index in [4.69, 9.17) is 0 Å². The first kappa shape index (κ1) is 17.9. The highest BCUT2D eigenvalue weighted by atomic mass is 79.9. The lowest BCUT2D eigenvalue weighted by Gasteiger charge is -2.34. The van der Waals surface area contributed by atoms with E-state index in [0.29, 0.717) is 43.0 Å². The molecule has 7 heteroatoms. The molecule has 24 heavy (non-hydrogen) atoms. The lowest BCUT2D eigenvalue weighted by molar-refractivity contribution is -0.133. The van der Waals surface area contributed by atoms with Crippen LogP contribution in [0.15, 0.2) is 33.6 Å². The normalized spacial score (nSPS) is 20.5. The minimum absolute atomic E-state index is 0.180. The first-order valence-corrected chi connectivity index (χ1v) is 10.7. The van der Waals surface area contributed by atoms with Crippen molar-refractivity contribution in [2.24, 2.45) is 5.92 Å². The summed E-state index contributed by atoms with van der Waals surface area (Å²) in [6, 6.07) is 6.85. The second kappa shape index (κ2) is 7.54. The van der Waals surface area contributed by atoms with Crippen LogP contribution in [0.3, 0.4) is 0 Å². The van der Waals surface area contributed by atoms with E-state index in [1.54, 1.807) is 24.3 Å². The van der Waals surface area contributed by atoms with Gasteiger partial charge in [0, 0.05) is 37.1 Å². The summed E-state index contributed by atoms with van der Waals surface area (Å²) in [4.78, 5) is 14.5. The molecule has 0 spiro atoms. The maximum absolute atomic E-state index is 12.8. The zero-order valence-electron chi connectivity index (χ0n) is 13.7. The number of hydrogen-bond acceptors (Lipinski definition) is 3. The Bertz CT molecular complexity index is 694. The topological polar surface area (TPSA) is 57.7 Å². The van der Waals surface area contributed by atoms with E-state index in [-0.39, 0.29) is 10.8 Å². The Morgan fingerprint density at radius 3 is 2.33 bits per heavy atom. The summed E-state index contributed by atoms with van der Waals surface area (Å²) < 4.78 is 27.6. The number of carbonyl (C=O) groups is 1. The summed E-state index contributed by atoms with van der Waals surface area (Å²) in [7, 11) is -3.52. The van der Waals surface area contributed by atoms with Gasteiger partial charge in [-0.05, 0) is 46.8 Å². The molecule has 2 fully saturated rings. The number of carbonyl (C=O) groups excluding carboxylic acids is 1. The zero-order valence-corrected chi connectivity index (χ0v) is 16.1. The molecule has 0 atom stereocenters. The van der Waals surface area contributed by atoms with Crippen molar-refractivity contribution in [3.05, 3.63) is 28.7 Å². The summed E-state index contributed by atoms with van der Waals surface area (Å²) >= 11 is 3.31. The SMILES string of the molecule is O=C(CC1CCCC1)N1CCN(S(=O)(=O)c2ccccc2Br)CC1. The number of benzene rings is 1. The van der Waals surface area contributed by atoms with Crippen LogP contribution >= 0.6 is 15.9 Å². The standard InChI is InChI=1S/C17H23BrN2O3S/c18-15-7-3-4-8-16(15)24(22,23)20-11-9-19(10-12-20)17(21)13-14-5-1-2-6-14/h3-4,7-8,14H,1-2,5-6,9-13H2. The Balaban J connectivity index is 1.60. The smallest absolute Gasteiger partial charge is 0.244 e. The fraction of sp³-hybridized carbons (Fsp3) is 0.588. The molecule has 1 aromatic carbocycles. The van der Waals surface area contributed by atoms with E-state index in [2.05, 4.69) is 15.9 Å². The van der Waals surface area contributed by atoms with Crippen LogP contribution in [0, 0.1) is 5.92 Å². The predicted molar refractivity (Wildman–Crippen MR) is 96.1 cm³/mol. The van der Waals surface area contributed by atoms with Gasteiger partial charge in [0.25, 0.3) is 0 Å². The molecular weight excluding hydrogens is 392 g/mol. The highest BCUT2D eigenvalue weighted by Gasteiger charge is 2.31. The van der Waals surface area contributed by atoms with Gasteiger partial charge in [0.1, 0.15) is 0 Å². The fourth-order valence-corrected chi connectivity index (χ4v) is 5.95. The summed E-state index contributed by atoms with van der Waals surface area (Å²) in [5.41, 5.74) is 0. The molecule has 0 N–H and O–H groups in total. The fourth-order valence-electron chi connectivity index (χ4n) is 3.56. The molecule has 0 aromatic heterocycles. The van der Waals surface area contributed by atoms with E-state index in [1.807, 2.05) is 4.90 Å². The van der Waals surface area contributed by atoms with Gasteiger partial charge in [0.15, 0.2) is 0 Å². The molecule has 0 radical (unpaired) electrons. The molecule has 5 nitrogen and oxygen atoms in total. The van der Waals surface area contributed by atoms with Crippen molar-refractivity contribution in [1.82, 2.24) is 9.21 Å². The summed E-state index contributed by atoms with van der Waals surface area (Å²) in [5.74, 6) is 0.708. The van der Waals surface area contributed by atoms with Gasteiger partial charge in [-0.3, -0.25) is 4.79 Å². The number of rotatable bonds is 4. The highest BCUT2D eigenvalue weighted by molar-refractivity contribution is 9.10. The Morgan fingerprint density at radius 2 is 1.71 bits per heavy atom. The first-order chi connectivity index (χ1) is 11.5. The second-order valence-electron chi connectivity index (χ2n) is 6.57. The van der Waals surface area contributed by atoms with Crippen molar-refractivity contribution >= 4 is 31.9 Å². The summed E-state index contributed by atoms with van der Waals surface area (Å²) in [6.07, 6.45) is 5.40. The van der Waals surface area contributed by atoms with Crippen LogP contribution < -0.4 is 0 Å². The quantitative estimate of drug-likeness (QED) is 0.760. The number of halogens is 1. The van der Waals surface area contributed by atoms with Crippen molar-refractivity contribution in [1.29, 1.82) is 0 Å². The van der Waals surface area contributed by atoms with Crippen LogP contribution in [-0.2, 0) is 14.8 Å². The second-order valence-corrected chi connectivity index (χ2v) is 9.33. The average molecular weight is 415 g/mol. The maximum Gasteiger partial charge on any atom is 0.244 e. The van der Waals surface area contributed by atoms with Gasteiger partial charge >= 0.3 is 0 Å². The van der Waals surface area contributed by atoms with Crippen molar-refractivity contribution < 1.29 is 13.2 Å². The van der Waals surface area contributed by atoms with Crippen molar-refractivity contribution in [2.45, 2.75) is 37.0 Å². The molecule has 0 unspecified atom stereocenters. The zero-order chi connectivity index (χ0) is 17.2. The Labute approximate surface area is 152 Å². The Hall–Kier alpha value is -0.920. The summed E-state index contributed by atoms with van der Waals surface area (Å²) in [5, 5.41) is 0. The third-order valence-corrected chi connectivity index (χ3v) is 7.89. The molecule has 2 aliphatic rings. The van der Waals surface area contributed by atoms with Gasteiger partial charge in [-0.1, -0.05) is 25.0 Å². The number of hydrogen-bond donors (Lipinski definition) is 0. The number of piperazine rings is 1. The number of amides is 1. The average Bonchev–Trinajstić information content (AvgIpc) is 3.08. The molecule has 0 bridgehead atoms. The maximum atomic E-state index is 12.8. The Kier molecular flexibility index (Phi) is 5.62. The van der Waals surface area contributed by atoms with Gasteiger partial charge in [-0.25, -0.2) is 8.42 Å². The van der Waals surface area contributed by atoms with Gasteiger partial charge < -0.3 is 4.90 Å². The first-order valence-electron chi connectivity index (χ1n) is 8.51. The van der Waals surface area contributed by atoms with Crippen LogP contribution in [0.5, 0.6) is 0 Å². The van der Waals surface area contributed by atoms with Crippen LogP contribution in [0.25, 0.3) is 0 Å². The van der Waals surface area contributed by atoms with Crippen LogP contribution in [-0.4, -0.2) is 49.7 Å². The minimum atomic E-state index is -3.52. The van der Waals surface area contributed by atoms with Gasteiger partial charge in [0.2, 0.25) is 15.9 Å². The minimum Gasteiger partial charge on any atom is -0.340 e. The highest BCUT2D eigenvalue weighted by Crippen LogP contribution is 2.29. The Morgan fingerprint density at radius 1 is 1.08 bits per heavy atom. The van der Waals surface area contributed by atoms with Crippen molar-refractivity contribution in [3.63, 3.8) is 0 Å². The molecule has 132 valence electrons. The van der Waals surface area contributed by atoms with E-state index >= 15 is 0 Å². The number of sulfonamides is 1.